The van der Waals surface area contributed by atoms with Gasteiger partial charge in [0, 0.05) is 36.3 Å². The van der Waals surface area contributed by atoms with E-state index < -0.39 is 0 Å². The van der Waals surface area contributed by atoms with Gasteiger partial charge in [0.15, 0.2) is 0 Å². The molecule has 0 aliphatic carbocycles. The molecule has 0 fully saturated rings. The van der Waals surface area contributed by atoms with E-state index in [1.807, 2.05) is 48.5 Å². The summed E-state index contributed by atoms with van der Waals surface area (Å²) in [5.74, 6) is -0.100. The molecule has 4 heteroatoms. The fourth-order valence-corrected chi connectivity index (χ4v) is 3.06. The number of rotatable bonds is 5. The highest BCUT2D eigenvalue weighted by molar-refractivity contribution is 5.94. The van der Waals surface area contributed by atoms with Crippen molar-refractivity contribution in [3.8, 4) is 22.4 Å². The maximum absolute atomic E-state index is 12.5. The summed E-state index contributed by atoms with van der Waals surface area (Å²) in [6.07, 6.45) is 5.30. The number of carbonyl (C=O) groups is 1. The molecule has 0 bridgehead atoms. The van der Waals surface area contributed by atoms with E-state index in [9.17, 15) is 4.79 Å². The molecule has 1 N–H and O–H groups in total. The van der Waals surface area contributed by atoms with Crippen molar-refractivity contribution in [3.05, 3.63) is 108 Å². The third kappa shape index (κ3) is 4.55. The second-order valence-electron chi connectivity index (χ2n) is 6.92. The zero-order valence-corrected chi connectivity index (χ0v) is 16.2. The Hall–Kier alpha value is -3.79. The average molecular weight is 379 g/mol. The Balaban J connectivity index is 1.37. The minimum Gasteiger partial charge on any atom is -0.348 e. The molecule has 0 unspecified atom stereocenters. The van der Waals surface area contributed by atoms with E-state index in [0.717, 1.165) is 27.9 Å². The number of pyridine rings is 2. The lowest BCUT2D eigenvalue weighted by Crippen LogP contribution is -2.22. The van der Waals surface area contributed by atoms with E-state index >= 15 is 0 Å². The van der Waals surface area contributed by atoms with E-state index in [1.165, 1.54) is 5.56 Å². The van der Waals surface area contributed by atoms with Crippen LogP contribution in [0.2, 0.25) is 0 Å². The summed E-state index contributed by atoms with van der Waals surface area (Å²) < 4.78 is 0. The van der Waals surface area contributed by atoms with Crippen LogP contribution in [0, 0.1) is 6.92 Å². The van der Waals surface area contributed by atoms with E-state index in [0.29, 0.717) is 12.1 Å². The molecule has 0 aliphatic rings. The van der Waals surface area contributed by atoms with Crippen LogP contribution in [0.25, 0.3) is 22.4 Å². The quantitative estimate of drug-likeness (QED) is 0.528. The Bertz CT molecular complexity index is 1090. The normalized spacial score (nSPS) is 10.5. The average Bonchev–Trinajstić information content (AvgIpc) is 2.79. The maximum Gasteiger partial charge on any atom is 0.251 e. The molecule has 0 atom stereocenters. The van der Waals surface area contributed by atoms with Crippen LogP contribution < -0.4 is 5.32 Å². The fraction of sp³-hybridized carbons (Fsp3) is 0.0800. The second kappa shape index (κ2) is 8.48. The minimum absolute atomic E-state index is 0.100. The van der Waals surface area contributed by atoms with Gasteiger partial charge in [-0.25, -0.2) is 0 Å². The van der Waals surface area contributed by atoms with Gasteiger partial charge >= 0.3 is 0 Å². The van der Waals surface area contributed by atoms with Crippen molar-refractivity contribution in [1.82, 2.24) is 15.3 Å². The molecule has 2 heterocycles. The minimum atomic E-state index is -0.100. The van der Waals surface area contributed by atoms with Crippen LogP contribution in [-0.4, -0.2) is 15.9 Å². The predicted octanol–water partition coefficient (Wildman–Crippen LogP) is 5.05. The first-order chi connectivity index (χ1) is 14.2. The van der Waals surface area contributed by atoms with Gasteiger partial charge in [0.05, 0.1) is 5.69 Å². The van der Waals surface area contributed by atoms with Crippen molar-refractivity contribution in [1.29, 1.82) is 0 Å². The number of aryl methyl sites for hydroxylation is 1. The lowest BCUT2D eigenvalue weighted by atomic mass is 10.0. The topological polar surface area (TPSA) is 54.9 Å². The number of hydrogen-bond acceptors (Lipinski definition) is 3. The molecule has 4 rings (SSSR count). The standard InChI is InChI=1S/C25H21N3O/c1-18-4-7-20(8-5-18)21-9-11-22(12-10-21)25(29)28-16-19-6-13-24(27-15-19)23-3-2-14-26-17-23/h2-15,17H,16H2,1H3,(H,28,29). The largest absolute Gasteiger partial charge is 0.348 e. The summed E-state index contributed by atoms with van der Waals surface area (Å²) in [5.41, 5.74) is 6.88. The predicted molar refractivity (Wildman–Crippen MR) is 115 cm³/mol. The molecular formula is C25H21N3O. The zero-order chi connectivity index (χ0) is 20.1. The Kier molecular flexibility index (Phi) is 5.43. The van der Waals surface area contributed by atoms with Gasteiger partial charge in [0.1, 0.15) is 0 Å². The van der Waals surface area contributed by atoms with Gasteiger partial charge in [-0.05, 0) is 53.9 Å². The van der Waals surface area contributed by atoms with Crippen LogP contribution in [-0.2, 0) is 6.54 Å². The lowest BCUT2D eigenvalue weighted by Gasteiger charge is -2.08. The molecule has 2 aromatic carbocycles. The number of carbonyl (C=O) groups excluding carboxylic acids is 1. The summed E-state index contributed by atoms with van der Waals surface area (Å²) in [6, 6.07) is 23.8. The van der Waals surface area contributed by atoms with E-state index in [1.54, 1.807) is 18.6 Å². The van der Waals surface area contributed by atoms with Crippen molar-refractivity contribution < 1.29 is 4.79 Å². The highest BCUT2D eigenvalue weighted by atomic mass is 16.1. The highest BCUT2D eigenvalue weighted by Crippen LogP contribution is 2.20. The Morgan fingerprint density at radius 3 is 2.17 bits per heavy atom. The number of benzene rings is 2. The third-order valence-corrected chi connectivity index (χ3v) is 4.77. The van der Waals surface area contributed by atoms with Crippen molar-refractivity contribution in [2.75, 3.05) is 0 Å². The molecule has 4 aromatic rings. The summed E-state index contributed by atoms with van der Waals surface area (Å²) in [7, 11) is 0. The molecule has 4 nitrogen and oxygen atoms in total. The summed E-state index contributed by atoms with van der Waals surface area (Å²) in [6.45, 7) is 2.50. The molecule has 29 heavy (non-hydrogen) atoms. The van der Waals surface area contributed by atoms with Gasteiger partial charge in [-0.15, -0.1) is 0 Å². The molecule has 1 amide bonds. The molecule has 142 valence electrons. The van der Waals surface area contributed by atoms with Crippen molar-refractivity contribution in [2.45, 2.75) is 13.5 Å². The Labute approximate surface area is 170 Å². The molecule has 0 aliphatic heterocycles. The first-order valence-electron chi connectivity index (χ1n) is 9.50. The lowest BCUT2D eigenvalue weighted by molar-refractivity contribution is 0.0951. The van der Waals surface area contributed by atoms with Crippen LogP contribution in [0.1, 0.15) is 21.5 Å². The van der Waals surface area contributed by atoms with Gasteiger partial charge in [0.25, 0.3) is 5.91 Å². The second-order valence-corrected chi connectivity index (χ2v) is 6.92. The van der Waals surface area contributed by atoms with Gasteiger partial charge < -0.3 is 5.32 Å². The number of aromatic nitrogens is 2. The van der Waals surface area contributed by atoms with Crippen LogP contribution in [0.3, 0.4) is 0 Å². The Morgan fingerprint density at radius 1 is 0.828 bits per heavy atom. The number of nitrogens with one attached hydrogen (secondary N) is 1. The monoisotopic (exact) mass is 379 g/mol. The number of nitrogens with zero attached hydrogens (tertiary/aromatic N) is 2. The van der Waals surface area contributed by atoms with E-state index in [4.69, 9.17) is 0 Å². The van der Waals surface area contributed by atoms with E-state index in [2.05, 4.69) is 46.5 Å². The summed E-state index contributed by atoms with van der Waals surface area (Å²) >= 11 is 0. The van der Waals surface area contributed by atoms with Gasteiger partial charge in [-0.3, -0.25) is 14.8 Å². The summed E-state index contributed by atoms with van der Waals surface area (Å²) in [5, 5.41) is 2.95. The SMILES string of the molecule is Cc1ccc(-c2ccc(C(=O)NCc3ccc(-c4cccnc4)nc3)cc2)cc1. The van der Waals surface area contributed by atoms with Gasteiger partial charge in [-0.2, -0.15) is 0 Å². The van der Waals surface area contributed by atoms with Crippen LogP contribution >= 0.6 is 0 Å². The van der Waals surface area contributed by atoms with Crippen molar-refractivity contribution in [2.24, 2.45) is 0 Å². The van der Waals surface area contributed by atoms with Gasteiger partial charge in [-0.1, -0.05) is 48.0 Å². The molecular weight excluding hydrogens is 358 g/mol. The van der Waals surface area contributed by atoms with Crippen LogP contribution in [0.5, 0.6) is 0 Å². The zero-order valence-electron chi connectivity index (χ0n) is 16.2. The van der Waals surface area contributed by atoms with Crippen molar-refractivity contribution in [3.63, 3.8) is 0 Å². The molecule has 0 spiro atoms. The molecule has 0 saturated carbocycles. The van der Waals surface area contributed by atoms with Crippen LogP contribution in [0.4, 0.5) is 0 Å². The maximum atomic E-state index is 12.5. The molecule has 2 aromatic heterocycles. The van der Waals surface area contributed by atoms with Gasteiger partial charge in [0.2, 0.25) is 0 Å². The number of hydrogen-bond donors (Lipinski definition) is 1. The summed E-state index contributed by atoms with van der Waals surface area (Å²) in [4.78, 5) is 21.0. The first-order valence-corrected chi connectivity index (χ1v) is 9.50. The Morgan fingerprint density at radius 2 is 1.55 bits per heavy atom. The van der Waals surface area contributed by atoms with Crippen molar-refractivity contribution >= 4 is 5.91 Å². The highest BCUT2D eigenvalue weighted by Gasteiger charge is 2.07. The number of amides is 1. The molecule has 0 radical (unpaired) electrons. The fourth-order valence-electron chi connectivity index (χ4n) is 3.06. The smallest absolute Gasteiger partial charge is 0.251 e. The third-order valence-electron chi connectivity index (χ3n) is 4.77. The van der Waals surface area contributed by atoms with Crippen LogP contribution in [0.15, 0.2) is 91.4 Å². The first kappa shape index (κ1) is 18.6. The van der Waals surface area contributed by atoms with E-state index in [-0.39, 0.29) is 5.91 Å². The molecule has 0 saturated heterocycles.